The van der Waals surface area contributed by atoms with Crippen molar-refractivity contribution in [1.29, 1.82) is 0 Å². The van der Waals surface area contributed by atoms with Crippen LogP contribution in [0.4, 0.5) is 5.69 Å². The number of fused-ring (bicyclic) bond motifs is 1. The van der Waals surface area contributed by atoms with Crippen molar-refractivity contribution >= 4 is 62.1 Å². The summed E-state index contributed by atoms with van der Waals surface area (Å²) in [4.78, 5) is 31.6. The van der Waals surface area contributed by atoms with Gasteiger partial charge in [0.2, 0.25) is 5.91 Å². The average molecular weight is 673 g/mol. The first-order valence-electron chi connectivity index (χ1n) is 16.2. The van der Waals surface area contributed by atoms with Gasteiger partial charge < -0.3 is 19.7 Å². The highest BCUT2D eigenvalue weighted by molar-refractivity contribution is 7.17. The number of ether oxygens (including phenoxy) is 2. The number of likely N-dealkylation sites (tertiary alicyclic amines) is 1. The molecule has 0 radical (unpaired) electrons. The van der Waals surface area contributed by atoms with Gasteiger partial charge >= 0.3 is 0 Å². The van der Waals surface area contributed by atoms with Crippen LogP contribution in [-0.2, 0) is 20.7 Å². The number of carbonyl (C=O) groups excluding carboxylic acids is 2. The van der Waals surface area contributed by atoms with Gasteiger partial charge in [0.25, 0.3) is 5.91 Å². The molecule has 2 aliphatic heterocycles. The Bertz CT molecular complexity index is 1510. The SMILES string of the molecule is CC1CCC(OC[C@@H]2C[C@H](N3C[C@@H](C)O[C@@H](C)C3)CN2C(=O)Cc2cc(Cl)c(NC(=O)c3csc4ccccc34)cc2Cl)CC1. The first-order chi connectivity index (χ1) is 21.6. The Morgan fingerprint density at radius 3 is 2.49 bits per heavy atom. The Labute approximate surface area is 280 Å². The van der Waals surface area contributed by atoms with Gasteiger partial charge in [0, 0.05) is 46.2 Å². The molecule has 7 nitrogen and oxygen atoms in total. The molecule has 0 unspecified atom stereocenters. The molecular weight excluding hydrogens is 629 g/mol. The lowest BCUT2D eigenvalue weighted by molar-refractivity contribution is -0.133. The van der Waals surface area contributed by atoms with Crippen LogP contribution in [-0.4, -0.2) is 78.3 Å². The van der Waals surface area contributed by atoms with Gasteiger partial charge in [-0.05, 0) is 75.6 Å². The molecule has 1 aliphatic carbocycles. The molecule has 3 aromatic rings. The molecule has 6 rings (SSSR count). The number of halogens is 2. The van der Waals surface area contributed by atoms with E-state index in [-0.39, 0.29) is 48.6 Å². The third-order valence-electron chi connectivity index (χ3n) is 9.62. The highest BCUT2D eigenvalue weighted by Crippen LogP contribution is 2.34. The lowest BCUT2D eigenvalue weighted by Gasteiger charge is -2.38. The fourth-order valence-electron chi connectivity index (χ4n) is 7.21. The smallest absolute Gasteiger partial charge is 0.257 e. The van der Waals surface area contributed by atoms with Crippen molar-refractivity contribution in [3.8, 4) is 0 Å². The van der Waals surface area contributed by atoms with Gasteiger partial charge in [0.15, 0.2) is 0 Å². The zero-order valence-corrected chi connectivity index (χ0v) is 28.6. The van der Waals surface area contributed by atoms with Crippen LogP contribution in [0.3, 0.4) is 0 Å². The van der Waals surface area contributed by atoms with Crippen LogP contribution in [0.2, 0.25) is 10.0 Å². The number of thiophene rings is 1. The van der Waals surface area contributed by atoms with Crippen LogP contribution in [0.15, 0.2) is 41.8 Å². The van der Waals surface area contributed by atoms with E-state index in [9.17, 15) is 9.59 Å². The Hall–Kier alpha value is -2.20. The van der Waals surface area contributed by atoms with Crippen molar-refractivity contribution in [2.24, 2.45) is 5.92 Å². The molecule has 45 heavy (non-hydrogen) atoms. The summed E-state index contributed by atoms with van der Waals surface area (Å²) in [5.74, 6) is 0.521. The van der Waals surface area contributed by atoms with Gasteiger partial charge in [-0.1, -0.05) is 48.3 Å². The predicted octanol–water partition coefficient (Wildman–Crippen LogP) is 7.68. The number of amides is 2. The van der Waals surface area contributed by atoms with Crippen molar-refractivity contribution in [1.82, 2.24) is 9.80 Å². The maximum Gasteiger partial charge on any atom is 0.257 e. The number of nitrogens with zero attached hydrogens (tertiary/aromatic N) is 2. The van der Waals surface area contributed by atoms with Gasteiger partial charge in [-0.3, -0.25) is 14.5 Å². The largest absolute Gasteiger partial charge is 0.376 e. The van der Waals surface area contributed by atoms with E-state index in [0.717, 1.165) is 48.4 Å². The van der Waals surface area contributed by atoms with E-state index in [1.807, 2.05) is 34.5 Å². The van der Waals surface area contributed by atoms with Crippen LogP contribution in [0.5, 0.6) is 0 Å². The number of carbonyl (C=O) groups is 2. The van der Waals surface area contributed by atoms with E-state index in [2.05, 4.69) is 31.0 Å². The maximum atomic E-state index is 13.9. The number of nitrogens with one attached hydrogen (secondary N) is 1. The summed E-state index contributed by atoms with van der Waals surface area (Å²) in [6.07, 6.45) is 6.17. The van der Waals surface area contributed by atoms with Crippen LogP contribution >= 0.6 is 34.5 Å². The Kier molecular flexibility index (Phi) is 10.4. The van der Waals surface area contributed by atoms with Crippen LogP contribution in [0, 0.1) is 5.92 Å². The second-order valence-corrected chi connectivity index (χ2v) is 14.9. The average Bonchev–Trinajstić information content (AvgIpc) is 3.64. The summed E-state index contributed by atoms with van der Waals surface area (Å²) < 4.78 is 13.5. The molecule has 3 aliphatic rings. The minimum atomic E-state index is -0.251. The molecule has 3 fully saturated rings. The quantitative estimate of drug-likeness (QED) is 0.266. The Morgan fingerprint density at radius 2 is 1.73 bits per heavy atom. The molecule has 1 aromatic heterocycles. The van der Waals surface area contributed by atoms with Crippen LogP contribution in [0.25, 0.3) is 10.1 Å². The van der Waals surface area contributed by atoms with Gasteiger partial charge in [-0.15, -0.1) is 11.3 Å². The lowest BCUT2D eigenvalue weighted by Crippen LogP contribution is -2.51. The molecule has 2 amide bonds. The molecule has 10 heteroatoms. The van der Waals surface area contributed by atoms with E-state index >= 15 is 0 Å². The number of morpholine rings is 1. The van der Waals surface area contributed by atoms with E-state index in [1.54, 1.807) is 12.1 Å². The fourth-order valence-corrected chi connectivity index (χ4v) is 8.61. The Balaban J connectivity index is 1.14. The molecule has 2 aromatic carbocycles. The molecule has 3 heterocycles. The Morgan fingerprint density at radius 1 is 1.00 bits per heavy atom. The molecular formula is C35H43Cl2N3O4S. The zero-order chi connectivity index (χ0) is 31.7. The third kappa shape index (κ3) is 7.69. The third-order valence-corrected chi connectivity index (χ3v) is 11.2. The van der Waals surface area contributed by atoms with Gasteiger partial charge in [-0.2, -0.15) is 0 Å². The summed E-state index contributed by atoms with van der Waals surface area (Å²) in [6, 6.07) is 11.4. The number of hydrogen-bond acceptors (Lipinski definition) is 6. The lowest BCUT2D eigenvalue weighted by atomic mass is 9.89. The molecule has 1 N–H and O–H groups in total. The van der Waals surface area contributed by atoms with Crippen molar-refractivity contribution in [3.63, 3.8) is 0 Å². The van der Waals surface area contributed by atoms with E-state index in [1.165, 1.54) is 24.2 Å². The van der Waals surface area contributed by atoms with E-state index in [4.69, 9.17) is 32.7 Å². The molecule has 2 saturated heterocycles. The molecule has 1 saturated carbocycles. The number of rotatable bonds is 8. The van der Waals surface area contributed by atoms with E-state index in [0.29, 0.717) is 40.0 Å². The zero-order valence-electron chi connectivity index (χ0n) is 26.3. The first kappa shape index (κ1) is 32.7. The summed E-state index contributed by atoms with van der Waals surface area (Å²) in [5.41, 5.74) is 1.65. The number of anilines is 1. The topological polar surface area (TPSA) is 71.1 Å². The van der Waals surface area contributed by atoms with Gasteiger partial charge in [0.05, 0.1) is 53.7 Å². The first-order valence-corrected chi connectivity index (χ1v) is 17.8. The minimum absolute atomic E-state index is 0.00329. The normalized spacial score (nSPS) is 27.6. The van der Waals surface area contributed by atoms with Crippen LogP contribution < -0.4 is 5.32 Å². The second-order valence-electron chi connectivity index (χ2n) is 13.2. The minimum Gasteiger partial charge on any atom is -0.376 e. The second kappa shape index (κ2) is 14.3. The molecule has 0 bridgehead atoms. The molecule has 0 spiro atoms. The van der Waals surface area contributed by atoms with Crippen molar-refractivity contribution in [2.75, 3.05) is 31.6 Å². The van der Waals surface area contributed by atoms with Gasteiger partial charge in [-0.25, -0.2) is 0 Å². The van der Waals surface area contributed by atoms with Gasteiger partial charge in [0.1, 0.15) is 0 Å². The summed E-state index contributed by atoms with van der Waals surface area (Å²) >= 11 is 14.9. The van der Waals surface area contributed by atoms with Crippen molar-refractivity contribution in [2.45, 2.75) is 89.7 Å². The number of hydrogen-bond donors (Lipinski definition) is 1. The van der Waals surface area contributed by atoms with Crippen molar-refractivity contribution < 1.29 is 19.1 Å². The number of benzene rings is 2. The van der Waals surface area contributed by atoms with Crippen LogP contribution in [0.1, 0.15) is 68.8 Å². The monoisotopic (exact) mass is 671 g/mol. The highest BCUT2D eigenvalue weighted by atomic mass is 35.5. The maximum absolute atomic E-state index is 13.9. The summed E-state index contributed by atoms with van der Waals surface area (Å²) in [5, 5.41) is 6.39. The standard InChI is InChI=1S/C35H43Cl2N3O4S/c1-21-8-10-27(11-9-21)43-19-26-14-25(39-16-22(2)44-23(3)17-39)18-40(26)34(41)13-24-12-31(37)32(15-30(24)36)38-35(42)29-20-45-33-7-5-4-6-28(29)33/h4-7,12,15,20-23,25-27H,8-11,13-14,16-19H2,1-3H3,(H,38,42)/t21?,22-,23+,25-,26-,27?/m0/s1. The summed E-state index contributed by atoms with van der Waals surface area (Å²) in [7, 11) is 0. The predicted molar refractivity (Wildman–Crippen MR) is 183 cm³/mol. The van der Waals surface area contributed by atoms with E-state index < -0.39 is 0 Å². The molecule has 4 atom stereocenters. The highest BCUT2D eigenvalue weighted by Gasteiger charge is 2.40. The molecule has 242 valence electrons. The summed E-state index contributed by atoms with van der Waals surface area (Å²) in [6.45, 7) is 9.47. The fraction of sp³-hybridized carbons (Fsp3) is 0.543. The van der Waals surface area contributed by atoms with Crippen molar-refractivity contribution in [3.05, 3.63) is 63.0 Å².